The number of carbonyl (C=O) groups excluding carboxylic acids is 1. The van der Waals surface area contributed by atoms with Crippen molar-refractivity contribution in [2.24, 2.45) is 5.92 Å². The molecule has 21 heavy (non-hydrogen) atoms. The van der Waals surface area contributed by atoms with Crippen molar-refractivity contribution in [1.82, 2.24) is 0 Å². The predicted molar refractivity (Wildman–Crippen MR) is 88.0 cm³/mol. The average Bonchev–Trinajstić information content (AvgIpc) is 2.50. The molecule has 0 N–H and O–H groups in total. The van der Waals surface area contributed by atoms with Crippen LogP contribution in [0.3, 0.4) is 0 Å². The van der Waals surface area contributed by atoms with Crippen molar-refractivity contribution in [3.8, 4) is 0 Å². The maximum Gasteiger partial charge on any atom is 0.167 e. The van der Waals surface area contributed by atoms with Crippen LogP contribution in [-0.4, -0.2) is 18.0 Å². The first-order chi connectivity index (χ1) is 10.1. The Labute approximate surface area is 139 Å². The summed E-state index contributed by atoms with van der Waals surface area (Å²) in [6, 6.07) is 5.49. The fourth-order valence-electron chi connectivity index (χ4n) is 3.70. The van der Waals surface area contributed by atoms with Crippen LogP contribution < -0.4 is 0 Å². The Morgan fingerprint density at radius 3 is 2.81 bits per heavy atom. The Hall–Kier alpha value is -0.380. The highest BCUT2D eigenvalue weighted by Crippen LogP contribution is 2.42. The summed E-state index contributed by atoms with van der Waals surface area (Å²) in [5.41, 5.74) is 0.596. The first-order valence-corrected chi connectivity index (χ1v) is 8.90. The number of halogens is 2. The Morgan fingerprint density at radius 1 is 1.29 bits per heavy atom. The van der Waals surface area contributed by atoms with Gasteiger partial charge in [0.2, 0.25) is 0 Å². The minimum Gasteiger partial charge on any atom is -0.375 e. The van der Waals surface area contributed by atoms with E-state index < -0.39 is 0 Å². The number of benzene rings is 1. The molecule has 1 heterocycles. The van der Waals surface area contributed by atoms with Crippen LogP contribution in [0.15, 0.2) is 22.7 Å². The first kappa shape index (κ1) is 15.5. The molecule has 3 rings (SSSR count). The summed E-state index contributed by atoms with van der Waals surface area (Å²) in [7, 11) is 0. The molecule has 2 nitrogen and oxygen atoms in total. The SMILES string of the molecule is O=C(c1cc(Br)ccc1Cl)C1CCOC2(CCCCC2)C1. The Bertz CT molecular complexity index is 532. The summed E-state index contributed by atoms with van der Waals surface area (Å²) in [6.45, 7) is 0.696. The number of hydrogen-bond acceptors (Lipinski definition) is 2. The molecule has 1 atom stereocenters. The van der Waals surface area contributed by atoms with Crippen molar-refractivity contribution in [3.05, 3.63) is 33.3 Å². The van der Waals surface area contributed by atoms with Crippen LogP contribution in [0.4, 0.5) is 0 Å². The van der Waals surface area contributed by atoms with E-state index in [9.17, 15) is 4.79 Å². The lowest BCUT2D eigenvalue weighted by molar-refractivity contribution is -0.111. The van der Waals surface area contributed by atoms with E-state index in [1.165, 1.54) is 19.3 Å². The zero-order chi connectivity index (χ0) is 14.9. The quantitative estimate of drug-likeness (QED) is 0.649. The number of ketones is 1. The largest absolute Gasteiger partial charge is 0.375 e. The maximum absolute atomic E-state index is 12.8. The molecular weight excluding hydrogens is 352 g/mol. The number of carbonyl (C=O) groups is 1. The summed E-state index contributed by atoms with van der Waals surface area (Å²) in [6.07, 6.45) is 7.60. The molecule has 2 fully saturated rings. The van der Waals surface area contributed by atoms with Gasteiger partial charge in [-0.25, -0.2) is 0 Å². The van der Waals surface area contributed by atoms with Crippen LogP contribution in [-0.2, 0) is 4.74 Å². The third-order valence-electron chi connectivity index (χ3n) is 4.82. The molecule has 1 aliphatic heterocycles. The minimum atomic E-state index is -0.0463. The van der Waals surface area contributed by atoms with Crippen LogP contribution in [0.2, 0.25) is 5.02 Å². The molecule has 4 heteroatoms. The summed E-state index contributed by atoms with van der Waals surface area (Å²) in [5, 5.41) is 0.549. The van der Waals surface area contributed by atoms with Gasteiger partial charge in [-0.05, 0) is 43.9 Å². The van der Waals surface area contributed by atoms with Gasteiger partial charge in [0.05, 0.1) is 10.6 Å². The van der Waals surface area contributed by atoms with Crippen molar-refractivity contribution in [2.45, 2.75) is 50.5 Å². The number of Topliss-reactive ketones (excluding diaryl/α,β-unsaturated/α-hetero) is 1. The van der Waals surface area contributed by atoms with Crippen molar-refractivity contribution in [2.75, 3.05) is 6.61 Å². The fraction of sp³-hybridized carbons (Fsp3) is 0.588. The molecule has 1 spiro atoms. The van der Waals surface area contributed by atoms with Gasteiger partial charge in [-0.1, -0.05) is 46.8 Å². The van der Waals surface area contributed by atoms with Gasteiger partial charge in [-0.3, -0.25) is 4.79 Å². The summed E-state index contributed by atoms with van der Waals surface area (Å²) < 4.78 is 6.98. The van der Waals surface area contributed by atoms with E-state index in [1.54, 1.807) is 6.07 Å². The van der Waals surface area contributed by atoms with E-state index in [4.69, 9.17) is 16.3 Å². The van der Waals surface area contributed by atoms with E-state index >= 15 is 0 Å². The Kier molecular flexibility index (Phi) is 4.72. The van der Waals surface area contributed by atoms with Crippen LogP contribution in [0.1, 0.15) is 55.3 Å². The van der Waals surface area contributed by atoms with Crippen molar-refractivity contribution < 1.29 is 9.53 Å². The lowest BCUT2D eigenvalue weighted by Crippen LogP contribution is -2.43. The maximum atomic E-state index is 12.8. The lowest BCUT2D eigenvalue weighted by Gasteiger charge is -2.43. The Morgan fingerprint density at radius 2 is 2.05 bits per heavy atom. The molecule has 0 bridgehead atoms. The molecule has 0 radical (unpaired) electrons. The zero-order valence-electron chi connectivity index (χ0n) is 12.0. The van der Waals surface area contributed by atoms with Crippen molar-refractivity contribution in [3.63, 3.8) is 0 Å². The highest BCUT2D eigenvalue weighted by atomic mass is 79.9. The van der Waals surface area contributed by atoms with Gasteiger partial charge in [0.25, 0.3) is 0 Å². The van der Waals surface area contributed by atoms with Crippen LogP contribution in [0.5, 0.6) is 0 Å². The zero-order valence-corrected chi connectivity index (χ0v) is 14.4. The van der Waals surface area contributed by atoms with Gasteiger partial charge in [0.1, 0.15) is 0 Å². The van der Waals surface area contributed by atoms with Gasteiger partial charge >= 0.3 is 0 Å². The molecule has 114 valence electrons. The smallest absolute Gasteiger partial charge is 0.167 e. The molecular formula is C17H20BrClO2. The molecule has 1 aromatic carbocycles. The molecule has 2 aliphatic rings. The number of ether oxygens (including phenoxy) is 1. The Balaban J connectivity index is 1.79. The van der Waals surface area contributed by atoms with Crippen LogP contribution in [0, 0.1) is 5.92 Å². The van der Waals surface area contributed by atoms with E-state index in [-0.39, 0.29) is 17.3 Å². The van der Waals surface area contributed by atoms with Gasteiger partial charge in [-0.2, -0.15) is 0 Å². The first-order valence-electron chi connectivity index (χ1n) is 7.73. The third-order valence-corrected chi connectivity index (χ3v) is 5.65. The monoisotopic (exact) mass is 370 g/mol. The molecule has 1 unspecified atom stereocenters. The molecule has 1 saturated heterocycles. The molecule has 1 aromatic rings. The van der Waals surface area contributed by atoms with Crippen molar-refractivity contribution >= 4 is 33.3 Å². The second kappa shape index (κ2) is 6.39. The van der Waals surface area contributed by atoms with E-state index in [0.29, 0.717) is 17.2 Å². The fourth-order valence-corrected chi connectivity index (χ4v) is 4.27. The second-order valence-electron chi connectivity index (χ2n) is 6.27. The van der Waals surface area contributed by atoms with Crippen LogP contribution in [0.25, 0.3) is 0 Å². The molecule has 0 amide bonds. The van der Waals surface area contributed by atoms with E-state index in [1.807, 2.05) is 12.1 Å². The van der Waals surface area contributed by atoms with Crippen molar-refractivity contribution in [1.29, 1.82) is 0 Å². The number of rotatable bonds is 2. The topological polar surface area (TPSA) is 26.3 Å². The second-order valence-corrected chi connectivity index (χ2v) is 7.59. The highest BCUT2D eigenvalue weighted by Gasteiger charge is 2.41. The molecule has 0 aromatic heterocycles. The van der Waals surface area contributed by atoms with Crippen LogP contribution >= 0.6 is 27.5 Å². The summed E-state index contributed by atoms with van der Waals surface area (Å²) in [4.78, 5) is 12.8. The van der Waals surface area contributed by atoms with E-state index in [2.05, 4.69) is 15.9 Å². The molecule has 1 aliphatic carbocycles. The normalized spacial score (nSPS) is 25.0. The summed E-state index contributed by atoms with van der Waals surface area (Å²) in [5.74, 6) is 0.221. The third kappa shape index (κ3) is 3.35. The standard InChI is InChI=1S/C17H20BrClO2/c18-13-4-5-15(19)14(10-13)16(20)12-6-9-21-17(11-12)7-2-1-3-8-17/h4-5,10,12H,1-3,6-9,11H2. The van der Waals surface area contributed by atoms with Gasteiger partial charge in [0, 0.05) is 22.6 Å². The van der Waals surface area contributed by atoms with E-state index in [0.717, 1.165) is 30.2 Å². The van der Waals surface area contributed by atoms with Gasteiger partial charge < -0.3 is 4.74 Å². The average molecular weight is 372 g/mol. The lowest BCUT2D eigenvalue weighted by atomic mass is 9.74. The minimum absolute atomic E-state index is 0.0450. The number of hydrogen-bond donors (Lipinski definition) is 0. The van der Waals surface area contributed by atoms with Gasteiger partial charge in [-0.15, -0.1) is 0 Å². The van der Waals surface area contributed by atoms with Gasteiger partial charge in [0.15, 0.2) is 5.78 Å². The highest BCUT2D eigenvalue weighted by molar-refractivity contribution is 9.10. The summed E-state index contributed by atoms with van der Waals surface area (Å²) >= 11 is 9.64. The molecule has 1 saturated carbocycles. The predicted octanol–water partition coefficient (Wildman–Crippen LogP) is 5.41.